The molecule has 196 valence electrons. The van der Waals surface area contributed by atoms with Crippen molar-refractivity contribution in [2.75, 3.05) is 13.7 Å². The lowest BCUT2D eigenvalue weighted by Gasteiger charge is -2.10. The number of hydrogen-bond acceptors (Lipinski definition) is 3. The third kappa shape index (κ3) is 20.7. The van der Waals surface area contributed by atoms with E-state index in [1.165, 1.54) is 16.7 Å². The van der Waals surface area contributed by atoms with Gasteiger partial charge in [0.2, 0.25) is 0 Å². The van der Waals surface area contributed by atoms with Crippen molar-refractivity contribution < 1.29 is 5.11 Å². The average Bonchev–Trinajstić information content (AvgIpc) is 2.84. The zero-order valence-corrected chi connectivity index (χ0v) is 24.1. The Labute approximate surface area is 221 Å². The summed E-state index contributed by atoms with van der Waals surface area (Å²) in [4.78, 5) is 0. The third-order valence-corrected chi connectivity index (χ3v) is 5.27. The number of rotatable bonds is 8. The van der Waals surface area contributed by atoms with Crippen LogP contribution in [0.2, 0.25) is 5.02 Å². The summed E-state index contributed by atoms with van der Waals surface area (Å²) in [6.07, 6.45) is 5.03. The van der Waals surface area contributed by atoms with Crippen LogP contribution in [0.15, 0.2) is 84.7 Å². The Morgan fingerprint density at radius 1 is 1.06 bits per heavy atom. The van der Waals surface area contributed by atoms with E-state index in [9.17, 15) is 0 Å². The summed E-state index contributed by atoms with van der Waals surface area (Å²) in [5, 5.41) is 15.1. The fraction of sp³-hybridized carbons (Fsp3) is 0.419. The Morgan fingerprint density at radius 3 is 2.03 bits per heavy atom. The maximum atomic E-state index is 8.07. The molecule has 2 aromatic rings. The van der Waals surface area contributed by atoms with Crippen LogP contribution in [0, 0.1) is 6.92 Å². The first-order chi connectivity index (χ1) is 16.5. The van der Waals surface area contributed by atoms with E-state index < -0.39 is 0 Å². The SMILES string of the molecule is C=C(C)N/C=C(/C)C(=C)C.CCCCO.CCc1ccc(Cl)cc1.CN[C@H](C)c1cccc(C)c1. The van der Waals surface area contributed by atoms with Crippen LogP contribution in [0.25, 0.3) is 0 Å². The molecule has 0 saturated heterocycles. The minimum Gasteiger partial charge on any atom is -0.396 e. The fourth-order valence-electron chi connectivity index (χ4n) is 2.34. The van der Waals surface area contributed by atoms with E-state index in [1.54, 1.807) is 0 Å². The number of aryl methyl sites for hydroxylation is 2. The molecule has 0 saturated carbocycles. The van der Waals surface area contributed by atoms with Crippen molar-refractivity contribution in [1.82, 2.24) is 10.6 Å². The molecule has 35 heavy (non-hydrogen) atoms. The molecule has 1 atom stereocenters. The molecule has 2 rings (SSSR count). The van der Waals surface area contributed by atoms with Gasteiger partial charge in [-0.05, 0) is 83.3 Å². The van der Waals surface area contributed by atoms with Crippen molar-refractivity contribution in [3.05, 3.63) is 106 Å². The highest BCUT2D eigenvalue weighted by atomic mass is 35.5. The second-order valence-corrected chi connectivity index (χ2v) is 8.95. The maximum Gasteiger partial charge on any atom is 0.0430 e. The highest BCUT2D eigenvalue weighted by Gasteiger charge is 2.00. The van der Waals surface area contributed by atoms with Gasteiger partial charge in [0.15, 0.2) is 0 Å². The van der Waals surface area contributed by atoms with Crippen molar-refractivity contribution in [2.24, 2.45) is 0 Å². The molecule has 0 bridgehead atoms. The van der Waals surface area contributed by atoms with Gasteiger partial charge in [-0.3, -0.25) is 0 Å². The predicted octanol–water partition coefficient (Wildman–Crippen LogP) is 8.55. The van der Waals surface area contributed by atoms with Gasteiger partial charge in [0.25, 0.3) is 0 Å². The van der Waals surface area contributed by atoms with E-state index in [0.717, 1.165) is 41.1 Å². The Kier molecular flexibility index (Phi) is 22.0. The molecule has 0 aliphatic rings. The predicted molar refractivity (Wildman–Crippen MR) is 158 cm³/mol. The Hall–Kier alpha value is -2.33. The topological polar surface area (TPSA) is 44.3 Å². The molecule has 0 fully saturated rings. The lowest BCUT2D eigenvalue weighted by atomic mass is 10.1. The number of aliphatic hydroxyl groups is 1. The monoisotopic (exact) mass is 500 g/mol. The standard InChI is InChI=1S/C10H15N.C9H15N.C8H9Cl.C4H10O/c1-8-5-4-6-10(7-8)9(2)11-3;1-7(2)9(5)6-10-8(3)4;1-2-7-3-5-8(9)6-4-7;1-2-3-4-5/h4-7,9,11H,1-3H3;6,10H,1,3H2,2,4-5H3;3-6H,2H2,1H3;5H,2-4H2,1H3/b;9-6-;;/t9-;;;/m1.../s1. The second-order valence-electron chi connectivity index (χ2n) is 8.51. The minimum atomic E-state index is 0.344. The molecule has 0 radical (unpaired) electrons. The zero-order valence-electron chi connectivity index (χ0n) is 23.3. The number of halogens is 1. The molecule has 0 aliphatic heterocycles. The first-order valence-electron chi connectivity index (χ1n) is 12.4. The van der Waals surface area contributed by atoms with Crippen LogP contribution in [0.5, 0.6) is 0 Å². The third-order valence-electron chi connectivity index (χ3n) is 5.02. The highest BCUT2D eigenvalue weighted by Crippen LogP contribution is 2.12. The minimum absolute atomic E-state index is 0.344. The van der Waals surface area contributed by atoms with Crippen molar-refractivity contribution in [3.8, 4) is 0 Å². The van der Waals surface area contributed by atoms with Gasteiger partial charge in [0.05, 0.1) is 0 Å². The van der Waals surface area contributed by atoms with Crippen molar-refractivity contribution in [3.63, 3.8) is 0 Å². The van der Waals surface area contributed by atoms with Crippen LogP contribution in [0.3, 0.4) is 0 Å². The Balaban J connectivity index is 0. The van der Waals surface area contributed by atoms with E-state index >= 15 is 0 Å². The van der Waals surface area contributed by atoms with Gasteiger partial charge in [0, 0.05) is 29.6 Å². The van der Waals surface area contributed by atoms with E-state index in [2.05, 4.69) is 75.8 Å². The zero-order chi connectivity index (χ0) is 27.2. The largest absolute Gasteiger partial charge is 0.396 e. The summed E-state index contributed by atoms with van der Waals surface area (Å²) in [6, 6.07) is 16.9. The highest BCUT2D eigenvalue weighted by molar-refractivity contribution is 6.30. The van der Waals surface area contributed by atoms with Crippen LogP contribution < -0.4 is 10.6 Å². The maximum absolute atomic E-state index is 8.07. The lowest BCUT2D eigenvalue weighted by molar-refractivity contribution is 0.287. The summed E-state index contributed by atoms with van der Waals surface area (Å²) in [5.74, 6) is 0. The Morgan fingerprint density at radius 2 is 1.66 bits per heavy atom. The normalized spacial score (nSPS) is 10.9. The molecule has 3 N–H and O–H groups in total. The molecule has 0 aliphatic carbocycles. The average molecular weight is 501 g/mol. The van der Waals surface area contributed by atoms with Gasteiger partial charge in [-0.25, -0.2) is 0 Å². The second kappa shape index (κ2) is 22.2. The van der Waals surface area contributed by atoms with Crippen LogP contribution in [0.1, 0.15) is 77.1 Å². The summed E-state index contributed by atoms with van der Waals surface area (Å²) in [5.41, 5.74) is 7.19. The number of aliphatic hydroxyl groups excluding tert-OH is 1. The van der Waals surface area contributed by atoms with Crippen LogP contribution in [0.4, 0.5) is 0 Å². The molecule has 2 aromatic carbocycles. The number of nitrogens with one attached hydrogen (secondary N) is 2. The molecule has 0 aromatic heterocycles. The molecule has 0 unspecified atom stereocenters. The number of benzene rings is 2. The molecule has 4 heteroatoms. The van der Waals surface area contributed by atoms with Crippen molar-refractivity contribution in [1.29, 1.82) is 0 Å². The first kappa shape index (κ1) is 34.8. The molecule has 0 heterocycles. The van der Waals surface area contributed by atoms with Crippen LogP contribution >= 0.6 is 11.6 Å². The molecule has 0 spiro atoms. The van der Waals surface area contributed by atoms with Crippen molar-refractivity contribution >= 4 is 11.6 Å². The van der Waals surface area contributed by atoms with Gasteiger partial charge in [-0.15, -0.1) is 0 Å². The fourth-order valence-corrected chi connectivity index (χ4v) is 2.46. The first-order valence-corrected chi connectivity index (χ1v) is 12.7. The van der Waals surface area contributed by atoms with Crippen LogP contribution in [-0.2, 0) is 6.42 Å². The Bertz CT molecular complexity index is 855. The summed E-state index contributed by atoms with van der Waals surface area (Å²) < 4.78 is 0. The quantitative estimate of drug-likeness (QED) is 0.318. The summed E-state index contributed by atoms with van der Waals surface area (Å²) in [7, 11) is 1.98. The summed E-state index contributed by atoms with van der Waals surface area (Å²) >= 11 is 5.67. The van der Waals surface area contributed by atoms with Gasteiger partial charge < -0.3 is 15.7 Å². The lowest BCUT2D eigenvalue weighted by Crippen LogP contribution is -2.12. The van der Waals surface area contributed by atoms with E-state index in [0.29, 0.717) is 12.6 Å². The number of hydrogen-bond donors (Lipinski definition) is 3. The molecular formula is C31H49ClN2O. The molecule has 0 amide bonds. The number of allylic oxidation sites excluding steroid dienone is 3. The molecular weight excluding hydrogens is 452 g/mol. The van der Waals surface area contributed by atoms with Crippen molar-refractivity contribution in [2.45, 2.75) is 73.8 Å². The van der Waals surface area contributed by atoms with E-state index in [4.69, 9.17) is 16.7 Å². The van der Waals surface area contributed by atoms with Gasteiger partial charge in [0.1, 0.15) is 0 Å². The number of unbranched alkanes of at least 4 members (excludes halogenated alkanes) is 1. The van der Waals surface area contributed by atoms with Crippen LogP contribution in [-0.4, -0.2) is 18.8 Å². The van der Waals surface area contributed by atoms with Gasteiger partial charge in [-0.2, -0.15) is 0 Å². The van der Waals surface area contributed by atoms with Gasteiger partial charge in [-0.1, -0.05) is 92.6 Å². The van der Waals surface area contributed by atoms with E-state index in [1.807, 2.05) is 58.3 Å². The van der Waals surface area contributed by atoms with Gasteiger partial charge >= 0.3 is 0 Å². The van der Waals surface area contributed by atoms with E-state index in [-0.39, 0.29) is 0 Å². The molecule has 3 nitrogen and oxygen atoms in total. The summed E-state index contributed by atoms with van der Waals surface area (Å²) in [6.45, 7) is 22.2. The smallest absolute Gasteiger partial charge is 0.0430 e.